The molecule has 2 aromatic rings. The fourth-order valence-corrected chi connectivity index (χ4v) is 2.95. The summed E-state index contributed by atoms with van der Waals surface area (Å²) in [6, 6.07) is 11.3. The van der Waals surface area contributed by atoms with Gasteiger partial charge in [0.1, 0.15) is 17.6 Å². The van der Waals surface area contributed by atoms with Gasteiger partial charge in [0.15, 0.2) is 0 Å². The van der Waals surface area contributed by atoms with Crippen LogP contribution in [0.2, 0.25) is 0 Å². The molecule has 8 heteroatoms. The highest BCUT2D eigenvalue weighted by atomic mass is 16.5. The molecule has 1 aliphatic heterocycles. The van der Waals surface area contributed by atoms with Crippen molar-refractivity contribution in [2.75, 3.05) is 19.0 Å². The predicted octanol–water partition coefficient (Wildman–Crippen LogP) is 1.89. The van der Waals surface area contributed by atoms with Gasteiger partial charge in [0.05, 0.1) is 13.5 Å². The Bertz CT molecular complexity index is 882. The van der Waals surface area contributed by atoms with E-state index in [1.54, 1.807) is 19.2 Å². The van der Waals surface area contributed by atoms with E-state index in [-0.39, 0.29) is 18.9 Å². The molecule has 0 spiro atoms. The van der Waals surface area contributed by atoms with Crippen LogP contribution in [0.4, 0.5) is 10.6 Å². The van der Waals surface area contributed by atoms with Crippen molar-refractivity contribution in [2.45, 2.75) is 25.8 Å². The average molecular weight is 382 g/mol. The summed E-state index contributed by atoms with van der Waals surface area (Å²) in [5, 5.41) is 5.22. The maximum atomic E-state index is 12.5. The minimum absolute atomic E-state index is 0.140. The molecule has 1 fully saturated rings. The van der Waals surface area contributed by atoms with Crippen molar-refractivity contribution in [3.63, 3.8) is 0 Å². The van der Waals surface area contributed by atoms with Crippen molar-refractivity contribution in [2.24, 2.45) is 0 Å². The van der Waals surface area contributed by atoms with Gasteiger partial charge in [-0.15, -0.1) is 0 Å². The van der Waals surface area contributed by atoms with Crippen LogP contribution in [0.5, 0.6) is 5.75 Å². The molecule has 1 aromatic carbocycles. The number of amides is 4. The van der Waals surface area contributed by atoms with Crippen LogP contribution in [0.15, 0.2) is 42.5 Å². The number of aryl methyl sites for hydroxylation is 1. The second-order valence-electron chi connectivity index (χ2n) is 6.51. The first-order chi connectivity index (χ1) is 13.5. The molecule has 1 aromatic heterocycles. The summed E-state index contributed by atoms with van der Waals surface area (Å²) in [5.41, 5.74) is 1.75. The van der Waals surface area contributed by atoms with Crippen LogP contribution < -0.4 is 15.4 Å². The SMILES string of the molecule is COc1ccc(CCN2C(=O)N[C@H](CC(=O)Nc3cccc(C)n3)C2=O)cc1. The number of benzene rings is 1. The number of hydrogen-bond acceptors (Lipinski definition) is 5. The number of anilines is 1. The number of imide groups is 1. The number of rotatable bonds is 7. The average Bonchev–Trinajstić information content (AvgIpc) is 2.93. The van der Waals surface area contributed by atoms with E-state index < -0.39 is 18.0 Å². The van der Waals surface area contributed by atoms with Crippen LogP contribution in [0.25, 0.3) is 0 Å². The second-order valence-corrected chi connectivity index (χ2v) is 6.51. The summed E-state index contributed by atoms with van der Waals surface area (Å²) in [4.78, 5) is 42.2. The zero-order valence-electron chi connectivity index (χ0n) is 15.8. The van der Waals surface area contributed by atoms with Gasteiger partial charge < -0.3 is 15.4 Å². The number of pyridine rings is 1. The zero-order valence-corrected chi connectivity index (χ0v) is 15.8. The first kappa shape index (κ1) is 19.3. The lowest BCUT2D eigenvalue weighted by Gasteiger charge is -2.13. The Kier molecular flexibility index (Phi) is 5.88. The van der Waals surface area contributed by atoms with E-state index in [2.05, 4.69) is 15.6 Å². The number of carbonyl (C=O) groups is 3. The summed E-state index contributed by atoms with van der Waals surface area (Å²) in [6.45, 7) is 2.06. The molecular weight excluding hydrogens is 360 g/mol. The Balaban J connectivity index is 1.54. The Hall–Kier alpha value is -3.42. The third-order valence-electron chi connectivity index (χ3n) is 4.44. The lowest BCUT2D eigenvalue weighted by molar-refractivity contribution is -0.129. The number of hydrogen-bond donors (Lipinski definition) is 2. The zero-order chi connectivity index (χ0) is 20.1. The van der Waals surface area contributed by atoms with E-state index in [1.807, 2.05) is 37.3 Å². The van der Waals surface area contributed by atoms with Gasteiger partial charge in [-0.1, -0.05) is 18.2 Å². The Morgan fingerprint density at radius 3 is 2.64 bits per heavy atom. The number of urea groups is 1. The molecule has 2 N–H and O–H groups in total. The van der Waals surface area contributed by atoms with Crippen LogP contribution >= 0.6 is 0 Å². The molecule has 0 unspecified atom stereocenters. The van der Waals surface area contributed by atoms with Crippen molar-refractivity contribution < 1.29 is 19.1 Å². The molecule has 1 saturated heterocycles. The van der Waals surface area contributed by atoms with Crippen molar-refractivity contribution in [1.82, 2.24) is 15.2 Å². The fourth-order valence-electron chi connectivity index (χ4n) is 2.95. The highest BCUT2D eigenvalue weighted by Gasteiger charge is 2.38. The topological polar surface area (TPSA) is 101 Å². The van der Waals surface area contributed by atoms with E-state index in [1.165, 1.54) is 0 Å². The van der Waals surface area contributed by atoms with Crippen LogP contribution in [-0.4, -0.2) is 47.4 Å². The number of nitrogens with one attached hydrogen (secondary N) is 2. The van der Waals surface area contributed by atoms with E-state index in [0.717, 1.165) is 21.9 Å². The minimum Gasteiger partial charge on any atom is -0.497 e. The Labute approximate surface area is 162 Å². The number of ether oxygens (including phenoxy) is 1. The van der Waals surface area contributed by atoms with Gasteiger partial charge in [-0.2, -0.15) is 0 Å². The van der Waals surface area contributed by atoms with Crippen molar-refractivity contribution in [3.05, 3.63) is 53.7 Å². The molecule has 3 rings (SSSR count). The maximum Gasteiger partial charge on any atom is 0.324 e. The Morgan fingerprint density at radius 2 is 1.96 bits per heavy atom. The van der Waals surface area contributed by atoms with Crippen LogP contribution in [-0.2, 0) is 16.0 Å². The lowest BCUT2D eigenvalue weighted by Crippen LogP contribution is -2.35. The molecule has 0 saturated carbocycles. The first-order valence-corrected chi connectivity index (χ1v) is 8.94. The summed E-state index contributed by atoms with van der Waals surface area (Å²) in [5.74, 6) is 0.380. The number of nitrogens with zero attached hydrogens (tertiary/aromatic N) is 2. The standard InChI is InChI=1S/C20H22N4O4/c1-13-4-3-5-17(21-13)23-18(25)12-16-19(26)24(20(27)22-16)11-10-14-6-8-15(28-2)9-7-14/h3-9,16H,10-12H2,1-2H3,(H,22,27)(H,21,23,25)/t16-/m1/s1. The van der Waals surface area contributed by atoms with Gasteiger partial charge in [0.25, 0.3) is 5.91 Å². The van der Waals surface area contributed by atoms with Gasteiger partial charge in [0, 0.05) is 12.2 Å². The van der Waals surface area contributed by atoms with E-state index in [4.69, 9.17) is 4.74 Å². The van der Waals surface area contributed by atoms with Gasteiger partial charge in [-0.25, -0.2) is 9.78 Å². The van der Waals surface area contributed by atoms with Crippen molar-refractivity contribution >= 4 is 23.7 Å². The molecule has 0 radical (unpaired) electrons. The quantitative estimate of drug-likeness (QED) is 0.712. The number of carbonyl (C=O) groups excluding carboxylic acids is 3. The highest BCUT2D eigenvalue weighted by molar-refractivity contribution is 6.06. The van der Waals surface area contributed by atoms with E-state index in [0.29, 0.717) is 12.2 Å². The molecule has 0 bridgehead atoms. The highest BCUT2D eigenvalue weighted by Crippen LogP contribution is 2.15. The molecule has 8 nitrogen and oxygen atoms in total. The molecule has 28 heavy (non-hydrogen) atoms. The normalized spacial score (nSPS) is 16.1. The van der Waals surface area contributed by atoms with Gasteiger partial charge in [0.2, 0.25) is 5.91 Å². The lowest BCUT2D eigenvalue weighted by atomic mass is 10.1. The van der Waals surface area contributed by atoms with Crippen molar-refractivity contribution in [1.29, 1.82) is 0 Å². The maximum absolute atomic E-state index is 12.5. The third kappa shape index (κ3) is 4.64. The molecule has 146 valence electrons. The van der Waals surface area contributed by atoms with Gasteiger partial charge in [-0.3, -0.25) is 14.5 Å². The number of methoxy groups -OCH3 is 1. The predicted molar refractivity (Wildman–Crippen MR) is 103 cm³/mol. The Morgan fingerprint density at radius 1 is 1.21 bits per heavy atom. The summed E-state index contributed by atoms with van der Waals surface area (Å²) in [6.07, 6.45) is 0.383. The first-order valence-electron chi connectivity index (χ1n) is 8.94. The van der Waals surface area contributed by atoms with Gasteiger partial charge >= 0.3 is 6.03 Å². The van der Waals surface area contributed by atoms with Gasteiger partial charge in [-0.05, 0) is 43.2 Å². The van der Waals surface area contributed by atoms with Crippen LogP contribution in [0.3, 0.4) is 0 Å². The number of aromatic nitrogens is 1. The minimum atomic E-state index is -0.867. The van der Waals surface area contributed by atoms with E-state index >= 15 is 0 Å². The van der Waals surface area contributed by atoms with Crippen LogP contribution in [0.1, 0.15) is 17.7 Å². The van der Waals surface area contributed by atoms with Crippen molar-refractivity contribution in [3.8, 4) is 5.75 Å². The summed E-state index contributed by atoms with van der Waals surface area (Å²) in [7, 11) is 1.59. The summed E-state index contributed by atoms with van der Waals surface area (Å²) >= 11 is 0. The summed E-state index contributed by atoms with van der Waals surface area (Å²) < 4.78 is 5.11. The largest absolute Gasteiger partial charge is 0.497 e. The molecule has 1 atom stereocenters. The molecular formula is C20H22N4O4. The second kappa shape index (κ2) is 8.51. The molecule has 2 heterocycles. The molecule has 4 amide bonds. The smallest absolute Gasteiger partial charge is 0.324 e. The monoisotopic (exact) mass is 382 g/mol. The van der Waals surface area contributed by atoms with E-state index in [9.17, 15) is 14.4 Å². The van der Waals surface area contributed by atoms with Crippen LogP contribution in [0, 0.1) is 6.92 Å². The molecule has 0 aliphatic carbocycles. The molecule has 1 aliphatic rings. The fraction of sp³-hybridized carbons (Fsp3) is 0.300. The third-order valence-corrected chi connectivity index (χ3v) is 4.44.